The van der Waals surface area contributed by atoms with Crippen LogP contribution in [0.1, 0.15) is 20.0 Å². The molecule has 0 fully saturated rings. The maximum Gasteiger partial charge on any atom is 0.265 e. The van der Waals surface area contributed by atoms with Gasteiger partial charge in [0.2, 0.25) is 5.91 Å². The molecule has 2 amide bonds. The van der Waals surface area contributed by atoms with Crippen molar-refractivity contribution in [2.75, 3.05) is 5.32 Å². The molecule has 0 aliphatic rings. The van der Waals surface area contributed by atoms with Crippen molar-refractivity contribution in [2.45, 2.75) is 0 Å². The van der Waals surface area contributed by atoms with Crippen LogP contribution >= 0.6 is 11.3 Å². The molecule has 0 radical (unpaired) electrons. The van der Waals surface area contributed by atoms with Gasteiger partial charge in [0.25, 0.3) is 5.91 Å². The van der Waals surface area contributed by atoms with E-state index in [0.717, 1.165) is 0 Å². The molecular weight excluding hydrogens is 303 g/mol. The summed E-state index contributed by atoms with van der Waals surface area (Å²) >= 11 is 1.22. The number of anilines is 1. The average Bonchev–Trinajstić information content (AvgIpc) is 2.93. The number of nitrogens with two attached hydrogens (primary N) is 1. The Labute approximate surface area is 129 Å². The minimum Gasteiger partial charge on any atom is -0.366 e. The zero-order valence-electron chi connectivity index (χ0n) is 11.3. The van der Waals surface area contributed by atoms with Gasteiger partial charge in [-0.25, -0.2) is 4.39 Å². The van der Waals surface area contributed by atoms with E-state index in [-0.39, 0.29) is 11.7 Å². The zero-order valence-corrected chi connectivity index (χ0v) is 12.1. The molecule has 0 spiro atoms. The number of benzene rings is 2. The molecule has 0 bridgehead atoms. The van der Waals surface area contributed by atoms with Crippen molar-refractivity contribution >= 4 is 38.9 Å². The summed E-state index contributed by atoms with van der Waals surface area (Å²) < 4.78 is 14.4. The van der Waals surface area contributed by atoms with Crippen LogP contribution < -0.4 is 11.1 Å². The van der Waals surface area contributed by atoms with Crippen molar-refractivity contribution in [3.8, 4) is 0 Å². The lowest BCUT2D eigenvalue weighted by atomic mass is 10.2. The Kier molecular flexibility index (Phi) is 3.60. The number of primary amides is 1. The number of rotatable bonds is 3. The molecule has 0 saturated heterocycles. The highest BCUT2D eigenvalue weighted by atomic mass is 32.1. The van der Waals surface area contributed by atoms with Crippen molar-refractivity contribution < 1.29 is 14.0 Å². The Morgan fingerprint density at radius 1 is 1.09 bits per heavy atom. The predicted octanol–water partition coefficient (Wildman–Crippen LogP) is 3.39. The summed E-state index contributed by atoms with van der Waals surface area (Å²) in [5.74, 6) is -1.20. The van der Waals surface area contributed by atoms with Gasteiger partial charge in [0.15, 0.2) is 0 Å². The van der Waals surface area contributed by atoms with E-state index in [1.807, 2.05) is 0 Å². The number of nitrogens with one attached hydrogen (secondary N) is 1. The topological polar surface area (TPSA) is 72.2 Å². The quantitative estimate of drug-likeness (QED) is 0.778. The highest BCUT2D eigenvalue weighted by molar-refractivity contribution is 7.20. The largest absolute Gasteiger partial charge is 0.366 e. The van der Waals surface area contributed by atoms with Crippen molar-refractivity contribution in [1.82, 2.24) is 0 Å². The predicted molar refractivity (Wildman–Crippen MR) is 84.7 cm³/mol. The standard InChI is InChI=1S/C16H11FN2O2S/c17-12-2-1-3-13-11(12)8-14(22-13)16(21)19-10-6-4-9(5-7-10)15(18)20/h1-8H,(H2,18,20)(H,19,21). The van der Waals surface area contributed by atoms with Crippen LogP contribution in [0.3, 0.4) is 0 Å². The number of hydrogen-bond acceptors (Lipinski definition) is 3. The first-order chi connectivity index (χ1) is 10.5. The Bertz CT molecular complexity index is 871. The Morgan fingerprint density at radius 3 is 2.45 bits per heavy atom. The summed E-state index contributed by atoms with van der Waals surface area (Å²) in [4.78, 5) is 23.6. The van der Waals surface area contributed by atoms with E-state index in [4.69, 9.17) is 5.73 Å². The van der Waals surface area contributed by atoms with E-state index in [9.17, 15) is 14.0 Å². The molecule has 22 heavy (non-hydrogen) atoms. The molecule has 0 saturated carbocycles. The van der Waals surface area contributed by atoms with Crippen LogP contribution in [0.2, 0.25) is 0 Å². The number of halogens is 1. The van der Waals surface area contributed by atoms with E-state index < -0.39 is 5.91 Å². The van der Waals surface area contributed by atoms with Crippen LogP contribution in [0.25, 0.3) is 10.1 Å². The molecule has 0 atom stereocenters. The average molecular weight is 314 g/mol. The Morgan fingerprint density at radius 2 is 1.82 bits per heavy atom. The van der Waals surface area contributed by atoms with Gasteiger partial charge in [-0.15, -0.1) is 11.3 Å². The van der Waals surface area contributed by atoms with Crippen molar-refractivity contribution in [1.29, 1.82) is 0 Å². The number of carbonyl (C=O) groups is 2. The third-order valence-electron chi connectivity index (χ3n) is 3.16. The van der Waals surface area contributed by atoms with E-state index in [2.05, 4.69) is 5.32 Å². The highest BCUT2D eigenvalue weighted by Gasteiger charge is 2.12. The molecule has 110 valence electrons. The van der Waals surface area contributed by atoms with Crippen molar-refractivity contribution in [3.63, 3.8) is 0 Å². The fraction of sp³-hybridized carbons (Fsp3) is 0. The SMILES string of the molecule is NC(=O)c1ccc(NC(=O)c2cc3c(F)cccc3s2)cc1. The maximum atomic E-state index is 13.6. The van der Waals surface area contributed by atoms with Gasteiger partial charge in [-0.1, -0.05) is 6.07 Å². The molecule has 1 aromatic heterocycles. The van der Waals surface area contributed by atoms with Gasteiger partial charge in [0.05, 0.1) is 4.88 Å². The van der Waals surface area contributed by atoms with Crippen LogP contribution in [0, 0.1) is 5.82 Å². The normalized spacial score (nSPS) is 10.6. The molecule has 0 unspecified atom stereocenters. The fourth-order valence-corrected chi connectivity index (χ4v) is 3.02. The van der Waals surface area contributed by atoms with Crippen molar-refractivity contribution in [3.05, 3.63) is 64.8 Å². The van der Waals surface area contributed by atoms with E-state index in [1.54, 1.807) is 24.3 Å². The van der Waals surface area contributed by atoms with Gasteiger partial charge >= 0.3 is 0 Å². The van der Waals surface area contributed by atoms with E-state index in [1.165, 1.54) is 35.6 Å². The summed E-state index contributed by atoms with van der Waals surface area (Å²) in [6.45, 7) is 0. The second-order valence-corrected chi connectivity index (χ2v) is 5.74. The van der Waals surface area contributed by atoms with E-state index in [0.29, 0.717) is 26.2 Å². The second-order valence-electron chi connectivity index (χ2n) is 4.66. The van der Waals surface area contributed by atoms with Crippen LogP contribution in [0.5, 0.6) is 0 Å². The number of thiophene rings is 1. The molecule has 1 heterocycles. The molecule has 4 nitrogen and oxygen atoms in total. The zero-order chi connectivity index (χ0) is 15.7. The van der Waals surface area contributed by atoms with E-state index >= 15 is 0 Å². The minimum atomic E-state index is -0.530. The summed E-state index contributed by atoms with van der Waals surface area (Å²) in [5.41, 5.74) is 6.05. The first-order valence-corrected chi connectivity index (χ1v) is 7.25. The summed E-state index contributed by atoms with van der Waals surface area (Å²) in [6.07, 6.45) is 0. The number of hydrogen-bond donors (Lipinski definition) is 2. The van der Waals surface area contributed by atoms with Gasteiger partial charge in [-0.05, 0) is 42.5 Å². The summed E-state index contributed by atoms with van der Waals surface area (Å²) in [7, 11) is 0. The van der Waals surface area contributed by atoms with Crippen LogP contribution in [0.4, 0.5) is 10.1 Å². The van der Waals surface area contributed by atoms with Crippen LogP contribution in [-0.4, -0.2) is 11.8 Å². The molecule has 3 N–H and O–H groups in total. The van der Waals surface area contributed by atoms with Crippen molar-refractivity contribution in [2.24, 2.45) is 5.73 Å². The van der Waals surface area contributed by atoms with Gasteiger partial charge in [0.1, 0.15) is 5.82 Å². The van der Waals surface area contributed by atoms with Gasteiger partial charge in [0, 0.05) is 21.3 Å². The fourth-order valence-electron chi connectivity index (χ4n) is 2.05. The lowest BCUT2D eigenvalue weighted by Gasteiger charge is -2.03. The summed E-state index contributed by atoms with van der Waals surface area (Å²) in [5, 5.41) is 3.13. The third kappa shape index (κ3) is 2.68. The highest BCUT2D eigenvalue weighted by Crippen LogP contribution is 2.28. The minimum absolute atomic E-state index is 0.326. The monoisotopic (exact) mass is 314 g/mol. The van der Waals surface area contributed by atoms with Gasteiger partial charge in [-0.3, -0.25) is 9.59 Å². The van der Waals surface area contributed by atoms with Crippen LogP contribution in [0.15, 0.2) is 48.5 Å². The first kappa shape index (κ1) is 14.2. The first-order valence-electron chi connectivity index (χ1n) is 6.44. The molecule has 3 rings (SSSR count). The van der Waals surface area contributed by atoms with Gasteiger partial charge in [-0.2, -0.15) is 0 Å². The second kappa shape index (κ2) is 5.57. The smallest absolute Gasteiger partial charge is 0.265 e. The molecule has 3 aromatic rings. The van der Waals surface area contributed by atoms with Crippen LogP contribution in [-0.2, 0) is 0 Å². The molecule has 2 aromatic carbocycles. The Hall–Kier alpha value is -2.73. The molecule has 0 aliphatic carbocycles. The number of carbonyl (C=O) groups excluding carboxylic acids is 2. The molecular formula is C16H11FN2O2S. The number of amides is 2. The Balaban J connectivity index is 1.83. The number of fused-ring (bicyclic) bond motifs is 1. The van der Waals surface area contributed by atoms with Gasteiger partial charge < -0.3 is 11.1 Å². The lowest BCUT2D eigenvalue weighted by molar-refractivity contribution is 0.0998. The molecule has 0 aliphatic heterocycles. The molecule has 6 heteroatoms. The third-order valence-corrected chi connectivity index (χ3v) is 4.26. The maximum absolute atomic E-state index is 13.6. The summed E-state index contributed by atoms with van der Waals surface area (Å²) in [6, 6.07) is 12.5. The lowest BCUT2D eigenvalue weighted by Crippen LogP contribution is -2.12.